The molecular weight excluding hydrogens is 642 g/mol. The van der Waals surface area contributed by atoms with E-state index in [0.29, 0.717) is 9.80 Å². The summed E-state index contributed by atoms with van der Waals surface area (Å²) in [5, 5.41) is 0. The molecule has 0 N–H and O–H groups in total. The number of methoxy groups -OCH3 is 1. The van der Waals surface area contributed by atoms with E-state index in [1.165, 1.54) is 0 Å². The van der Waals surface area contributed by atoms with E-state index in [1.807, 2.05) is 0 Å². The molecule has 15 nitrogen and oxygen atoms in total. The summed E-state index contributed by atoms with van der Waals surface area (Å²) >= 11 is 0.859. The van der Waals surface area contributed by atoms with E-state index in [9.17, 15) is 33.6 Å². The molecular formula is C31H41NO14S. The van der Waals surface area contributed by atoms with Gasteiger partial charge in [0, 0.05) is 45.9 Å². The molecule has 0 aromatic heterocycles. The lowest BCUT2D eigenvalue weighted by atomic mass is 9.88. The smallest absolute Gasteiger partial charge is 0.417 e. The van der Waals surface area contributed by atoms with Crippen LogP contribution < -0.4 is 0 Å². The molecule has 0 spiro atoms. The largest absolute Gasteiger partial charge is 0.466 e. The van der Waals surface area contributed by atoms with Gasteiger partial charge >= 0.3 is 35.9 Å². The van der Waals surface area contributed by atoms with Crippen LogP contribution in [0.15, 0.2) is 35.2 Å². The van der Waals surface area contributed by atoms with Crippen LogP contribution in [-0.2, 0) is 61.9 Å². The molecule has 0 saturated carbocycles. The van der Waals surface area contributed by atoms with E-state index in [1.54, 1.807) is 51.1 Å². The van der Waals surface area contributed by atoms with E-state index < -0.39 is 95.9 Å². The molecule has 1 aliphatic rings. The second-order valence-corrected chi connectivity index (χ2v) is 12.8. The zero-order valence-corrected chi connectivity index (χ0v) is 28.6. The molecule has 1 heterocycles. The Morgan fingerprint density at radius 2 is 1.51 bits per heavy atom. The summed E-state index contributed by atoms with van der Waals surface area (Å²) in [6.45, 7) is 9.24. The predicted octanol–water partition coefficient (Wildman–Crippen LogP) is 2.95. The number of hydrogen-bond donors (Lipinski definition) is 0. The fraction of sp³-hybridized carbons (Fsp3) is 0.581. The van der Waals surface area contributed by atoms with Crippen LogP contribution in [0.1, 0.15) is 61.8 Å². The van der Waals surface area contributed by atoms with Gasteiger partial charge in [0.25, 0.3) is 0 Å². The van der Waals surface area contributed by atoms with Crippen LogP contribution in [-0.4, -0.2) is 101 Å². The van der Waals surface area contributed by atoms with Crippen molar-refractivity contribution in [1.82, 2.24) is 4.90 Å². The lowest BCUT2D eigenvalue weighted by Crippen LogP contribution is -2.69. The van der Waals surface area contributed by atoms with Crippen molar-refractivity contribution >= 4 is 53.6 Å². The first kappa shape index (κ1) is 39.0. The molecule has 0 radical (unpaired) electrons. The van der Waals surface area contributed by atoms with Gasteiger partial charge in [0.05, 0.1) is 7.11 Å². The number of imide groups is 1. The van der Waals surface area contributed by atoms with Crippen LogP contribution in [0.2, 0.25) is 0 Å². The third-order valence-corrected chi connectivity index (χ3v) is 7.61. The molecule has 16 heteroatoms. The van der Waals surface area contributed by atoms with Crippen molar-refractivity contribution in [3.63, 3.8) is 0 Å². The van der Waals surface area contributed by atoms with Gasteiger partial charge in [0.1, 0.15) is 30.5 Å². The first-order valence-electron chi connectivity index (χ1n) is 14.5. The van der Waals surface area contributed by atoms with Gasteiger partial charge in [-0.15, -0.1) is 0 Å². The van der Waals surface area contributed by atoms with Crippen LogP contribution in [0.4, 0.5) is 4.79 Å². The number of amides is 2. The quantitative estimate of drug-likeness (QED) is 0.244. The summed E-state index contributed by atoms with van der Waals surface area (Å²) in [7, 11) is 1.09. The second-order valence-electron chi connectivity index (χ2n) is 11.5. The molecule has 1 fully saturated rings. The first-order valence-corrected chi connectivity index (χ1v) is 15.3. The summed E-state index contributed by atoms with van der Waals surface area (Å²) in [5.74, 6) is -5.36. The monoisotopic (exact) mass is 683 g/mol. The highest BCUT2D eigenvalue weighted by molar-refractivity contribution is 8.01. The third kappa shape index (κ3) is 11.2. The molecule has 1 aromatic rings. The van der Waals surface area contributed by atoms with Crippen molar-refractivity contribution in [2.45, 2.75) is 108 Å². The maximum atomic E-state index is 13.7. The van der Waals surface area contributed by atoms with Crippen molar-refractivity contribution in [3.8, 4) is 0 Å². The van der Waals surface area contributed by atoms with Crippen LogP contribution in [0.25, 0.3) is 0 Å². The Morgan fingerprint density at radius 1 is 0.915 bits per heavy atom. The maximum absolute atomic E-state index is 13.7. The van der Waals surface area contributed by atoms with Gasteiger partial charge in [-0.1, -0.05) is 30.0 Å². The topological polar surface area (TPSA) is 187 Å². The third-order valence-electron chi connectivity index (χ3n) is 6.34. The molecule has 2 amide bonds. The second kappa shape index (κ2) is 16.6. The number of thioether (sulfide) groups is 1. The predicted molar refractivity (Wildman–Crippen MR) is 162 cm³/mol. The van der Waals surface area contributed by atoms with E-state index in [0.717, 1.165) is 53.5 Å². The van der Waals surface area contributed by atoms with Crippen molar-refractivity contribution in [2.75, 3.05) is 13.7 Å². The fourth-order valence-corrected chi connectivity index (χ4v) is 6.08. The van der Waals surface area contributed by atoms with Crippen molar-refractivity contribution < 1.29 is 66.7 Å². The van der Waals surface area contributed by atoms with E-state index >= 15 is 0 Å². The standard InChI is InChI=1S/C31H41NO14S/c1-17(33)32(29(39)46-30(6,7)8)25-23(42-19(3)35)15-31(28(38)40-9,47-22-13-11-10-12-14-22)45-27(25)26(44-21(5)37)24(43-20(4)36)16-41-18(2)34/h10-14,23-27H,15-16H2,1-9H3/t23-,24+,25+,26+,27+,31+/m0/s1. The molecule has 0 bridgehead atoms. The molecule has 0 unspecified atom stereocenters. The number of esters is 5. The Hall–Kier alpha value is -4.18. The molecule has 6 atom stereocenters. The molecule has 1 aromatic carbocycles. The van der Waals surface area contributed by atoms with Crippen LogP contribution in [0, 0.1) is 0 Å². The van der Waals surface area contributed by atoms with Gasteiger partial charge in [-0.25, -0.2) is 14.5 Å². The summed E-state index contributed by atoms with van der Waals surface area (Å²) < 4.78 is 38.9. The maximum Gasteiger partial charge on any atom is 0.417 e. The van der Waals surface area contributed by atoms with Gasteiger partial charge < -0.3 is 33.2 Å². The van der Waals surface area contributed by atoms with Crippen LogP contribution in [0.5, 0.6) is 0 Å². The highest BCUT2D eigenvalue weighted by Crippen LogP contribution is 2.47. The first-order chi connectivity index (χ1) is 21.8. The number of carbonyl (C=O) groups excluding carboxylic acids is 7. The minimum Gasteiger partial charge on any atom is -0.466 e. The molecule has 1 aliphatic heterocycles. The van der Waals surface area contributed by atoms with E-state index in [2.05, 4.69) is 0 Å². The summed E-state index contributed by atoms with van der Waals surface area (Å²) in [6.07, 6.45) is -8.40. The SMILES string of the molecule is COC(=O)[C@]1(Sc2ccccc2)C[C@H](OC(C)=O)[C@@H](N(C(C)=O)C(=O)OC(C)(C)C)[C@H]([C@H](OC(C)=O)[C@@H](COC(C)=O)OC(C)=O)O1. The zero-order valence-electron chi connectivity index (χ0n) is 27.8. The van der Waals surface area contributed by atoms with E-state index in [4.69, 9.17) is 33.2 Å². The number of carbonyl (C=O) groups is 7. The van der Waals surface area contributed by atoms with Crippen molar-refractivity contribution in [2.24, 2.45) is 0 Å². The number of benzene rings is 1. The van der Waals surface area contributed by atoms with Gasteiger partial charge in [-0.3, -0.25) is 24.0 Å². The highest BCUT2D eigenvalue weighted by Gasteiger charge is 2.61. The van der Waals surface area contributed by atoms with E-state index in [-0.39, 0.29) is 0 Å². The average molecular weight is 684 g/mol. The Kier molecular flexibility index (Phi) is 13.8. The normalized spacial score (nSPS) is 22.0. The van der Waals surface area contributed by atoms with Crippen LogP contribution >= 0.6 is 11.8 Å². The molecule has 47 heavy (non-hydrogen) atoms. The Morgan fingerprint density at radius 3 is 1.98 bits per heavy atom. The number of nitrogens with zero attached hydrogens (tertiary/aromatic N) is 1. The van der Waals surface area contributed by atoms with Gasteiger partial charge in [0.15, 0.2) is 12.2 Å². The Bertz CT molecular complexity index is 1330. The molecule has 260 valence electrons. The highest BCUT2D eigenvalue weighted by atomic mass is 32.2. The lowest BCUT2D eigenvalue weighted by molar-refractivity contribution is -0.232. The Labute approximate surface area is 276 Å². The molecule has 2 rings (SSSR count). The van der Waals surface area contributed by atoms with Crippen molar-refractivity contribution in [1.29, 1.82) is 0 Å². The summed E-state index contributed by atoms with van der Waals surface area (Å²) in [5.41, 5.74) is -1.11. The number of rotatable bonds is 11. The minimum absolute atomic E-state index is 0.485. The molecule has 0 aliphatic carbocycles. The zero-order chi connectivity index (χ0) is 35.7. The van der Waals surface area contributed by atoms with Gasteiger partial charge in [0.2, 0.25) is 10.8 Å². The minimum atomic E-state index is -2.08. The summed E-state index contributed by atoms with van der Waals surface area (Å²) in [6, 6.07) is 6.78. The number of hydrogen-bond acceptors (Lipinski definition) is 15. The Balaban J connectivity index is 2.99. The van der Waals surface area contributed by atoms with Gasteiger partial charge in [-0.05, 0) is 32.9 Å². The number of ether oxygens (including phenoxy) is 7. The molecule has 1 saturated heterocycles. The summed E-state index contributed by atoms with van der Waals surface area (Å²) in [4.78, 5) is 88.8. The lowest BCUT2D eigenvalue weighted by Gasteiger charge is -2.50. The average Bonchev–Trinajstić information content (AvgIpc) is 2.93. The fourth-order valence-electron chi connectivity index (χ4n) is 4.83. The van der Waals surface area contributed by atoms with Crippen molar-refractivity contribution in [3.05, 3.63) is 30.3 Å². The van der Waals surface area contributed by atoms with Crippen LogP contribution in [0.3, 0.4) is 0 Å². The van der Waals surface area contributed by atoms with Gasteiger partial charge in [-0.2, -0.15) is 0 Å².